The van der Waals surface area contributed by atoms with E-state index < -0.39 is 23.7 Å². The maximum atomic E-state index is 12.6. The van der Waals surface area contributed by atoms with Crippen molar-refractivity contribution in [3.05, 3.63) is 68.0 Å². The number of hydrogen-bond donors (Lipinski definition) is 1. The maximum Gasteiger partial charge on any atom is 0.331 e. The number of nitrogens with zero attached hydrogens (tertiary/aromatic N) is 6. The molecule has 3 aromatic rings. The number of nitrogens with one attached hydrogen (secondary N) is 1. The lowest BCUT2D eigenvalue weighted by Crippen LogP contribution is -2.44. The lowest BCUT2D eigenvalue weighted by Gasteiger charge is -2.13. The van der Waals surface area contributed by atoms with E-state index in [1.807, 2.05) is 6.07 Å². The molecule has 0 atom stereocenters. The molecular formula is C18H14ClN7O3. The molecule has 1 aliphatic heterocycles. The van der Waals surface area contributed by atoms with Gasteiger partial charge in [0.1, 0.15) is 30.8 Å². The van der Waals surface area contributed by atoms with Crippen molar-refractivity contribution >= 4 is 23.2 Å². The fraction of sp³-hybridized carbons (Fsp3) is 0.222. The fourth-order valence-electron chi connectivity index (χ4n) is 3.36. The summed E-state index contributed by atoms with van der Waals surface area (Å²) < 4.78 is 3.60. The maximum absolute atomic E-state index is 12.6. The lowest BCUT2D eigenvalue weighted by molar-refractivity contribution is -0.116. The number of carbonyl (C=O) groups is 1. The third-order valence-electron chi connectivity index (χ3n) is 4.64. The second kappa shape index (κ2) is 7.37. The minimum Gasteiger partial charge on any atom is -0.323 e. The first-order valence-electron chi connectivity index (χ1n) is 8.70. The Balaban J connectivity index is 1.68. The second-order valence-corrected chi connectivity index (χ2v) is 6.85. The molecule has 0 unspecified atom stereocenters. The van der Waals surface area contributed by atoms with E-state index in [1.165, 1.54) is 28.0 Å². The van der Waals surface area contributed by atoms with Gasteiger partial charge in [-0.05, 0) is 31.0 Å². The Morgan fingerprint density at radius 1 is 1.34 bits per heavy atom. The van der Waals surface area contributed by atoms with Crippen molar-refractivity contribution in [3.63, 3.8) is 0 Å². The van der Waals surface area contributed by atoms with Crippen LogP contribution in [-0.2, 0) is 24.3 Å². The monoisotopic (exact) mass is 411 g/mol. The highest BCUT2D eigenvalue weighted by Gasteiger charge is 2.23. The molecule has 4 rings (SSSR count). The molecule has 2 aromatic heterocycles. The quantitative estimate of drug-likeness (QED) is 0.673. The standard InChI is InChI=1S/C18H14ClN7O3/c19-11-3-4-15(26-10-21-9-22-26)13(6-11)23-16(27)8-25-17(28)12(7-20)14-2-1-5-24(14)18(25)29/h3-4,6,9-10H,1-2,5,8H2,(H,23,27). The van der Waals surface area contributed by atoms with Gasteiger partial charge in [-0.3, -0.25) is 14.2 Å². The third kappa shape index (κ3) is 3.32. The van der Waals surface area contributed by atoms with E-state index in [1.54, 1.807) is 12.1 Å². The molecule has 1 N–H and O–H groups in total. The Morgan fingerprint density at radius 2 is 2.17 bits per heavy atom. The van der Waals surface area contributed by atoms with Gasteiger partial charge in [0, 0.05) is 17.3 Å². The molecule has 0 aliphatic carbocycles. The van der Waals surface area contributed by atoms with Gasteiger partial charge < -0.3 is 5.32 Å². The first-order valence-corrected chi connectivity index (χ1v) is 9.08. The van der Waals surface area contributed by atoms with Crippen molar-refractivity contribution in [1.82, 2.24) is 23.9 Å². The average molecular weight is 412 g/mol. The second-order valence-electron chi connectivity index (χ2n) is 6.41. The summed E-state index contributed by atoms with van der Waals surface area (Å²) in [7, 11) is 0. The zero-order chi connectivity index (χ0) is 20.5. The number of rotatable bonds is 4. The smallest absolute Gasteiger partial charge is 0.323 e. The third-order valence-corrected chi connectivity index (χ3v) is 4.88. The predicted octanol–water partition coefficient (Wildman–Crippen LogP) is 0.701. The summed E-state index contributed by atoms with van der Waals surface area (Å²) in [6.07, 6.45) is 3.96. The number of anilines is 1. The first kappa shape index (κ1) is 18.6. The Morgan fingerprint density at radius 3 is 2.90 bits per heavy atom. The molecule has 146 valence electrons. The van der Waals surface area contributed by atoms with Crippen LogP contribution in [0.25, 0.3) is 5.69 Å². The number of hydrogen-bond acceptors (Lipinski definition) is 6. The van der Waals surface area contributed by atoms with E-state index in [4.69, 9.17) is 11.6 Å². The van der Waals surface area contributed by atoms with E-state index >= 15 is 0 Å². The van der Waals surface area contributed by atoms with Gasteiger partial charge in [0.15, 0.2) is 0 Å². The number of halogens is 1. The Hall–Kier alpha value is -3.71. The van der Waals surface area contributed by atoms with Crippen LogP contribution in [-0.4, -0.2) is 29.8 Å². The van der Waals surface area contributed by atoms with Crippen LogP contribution >= 0.6 is 11.6 Å². The number of fused-ring (bicyclic) bond motifs is 1. The van der Waals surface area contributed by atoms with Gasteiger partial charge in [0.2, 0.25) is 5.91 Å². The normalized spacial score (nSPS) is 12.4. The Kier molecular flexibility index (Phi) is 4.74. The van der Waals surface area contributed by atoms with Crippen molar-refractivity contribution in [1.29, 1.82) is 5.26 Å². The van der Waals surface area contributed by atoms with Crippen molar-refractivity contribution in [2.75, 3.05) is 5.32 Å². The summed E-state index contributed by atoms with van der Waals surface area (Å²) in [5.41, 5.74) is -0.176. The Labute approximate surface area is 168 Å². The number of nitriles is 1. The average Bonchev–Trinajstić information content (AvgIpc) is 3.38. The molecule has 10 nitrogen and oxygen atoms in total. The minimum absolute atomic E-state index is 0.0963. The molecule has 29 heavy (non-hydrogen) atoms. The molecule has 0 fully saturated rings. The molecule has 0 bridgehead atoms. The molecule has 0 saturated heterocycles. The molecule has 1 amide bonds. The van der Waals surface area contributed by atoms with E-state index in [2.05, 4.69) is 15.4 Å². The zero-order valence-electron chi connectivity index (χ0n) is 15.0. The number of amides is 1. The lowest BCUT2D eigenvalue weighted by atomic mass is 10.2. The number of carbonyl (C=O) groups excluding carboxylic acids is 1. The van der Waals surface area contributed by atoms with Crippen molar-refractivity contribution in [2.45, 2.75) is 25.9 Å². The van der Waals surface area contributed by atoms with E-state index in [0.29, 0.717) is 41.5 Å². The summed E-state index contributed by atoms with van der Waals surface area (Å²) in [5.74, 6) is -0.615. The summed E-state index contributed by atoms with van der Waals surface area (Å²) >= 11 is 6.03. The molecule has 1 aliphatic rings. The number of aromatic nitrogens is 5. The number of benzene rings is 1. The predicted molar refractivity (Wildman–Crippen MR) is 103 cm³/mol. The van der Waals surface area contributed by atoms with E-state index in [-0.39, 0.29) is 5.56 Å². The van der Waals surface area contributed by atoms with Gasteiger partial charge in [-0.15, -0.1) is 0 Å². The van der Waals surface area contributed by atoms with Gasteiger partial charge in [0.05, 0.1) is 11.4 Å². The summed E-state index contributed by atoms with van der Waals surface area (Å²) in [5, 5.41) is 16.4. The highest BCUT2D eigenvalue weighted by atomic mass is 35.5. The van der Waals surface area contributed by atoms with Crippen molar-refractivity contribution in [3.8, 4) is 11.8 Å². The summed E-state index contributed by atoms with van der Waals surface area (Å²) in [4.78, 5) is 41.7. The zero-order valence-corrected chi connectivity index (χ0v) is 15.8. The topological polar surface area (TPSA) is 128 Å². The van der Waals surface area contributed by atoms with Gasteiger partial charge in [-0.2, -0.15) is 10.4 Å². The fourth-order valence-corrected chi connectivity index (χ4v) is 3.53. The van der Waals surface area contributed by atoms with E-state index in [9.17, 15) is 19.6 Å². The molecular weight excluding hydrogens is 398 g/mol. The van der Waals surface area contributed by atoms with Gasteiger partial charge in [-0.25, -0.2) is 19.0 Å². The SMILES string of the molecule is N#Cc1c2n(c(=O)n(CC(=O)Nc3cc(Cl)ccc3-n3cncn3)c1=O)CCC2. The molecule has 1 aromatic carbocycles. The van der Waals surface area contributed by atoms with Crippen LogP contribution in [0.1, 0.15) is 17.7 Å². The minimum atomic E-state index is -0.761. The van der Waals surface area contributed by atoms with Crippen molar-refractivity contribution in [2.24, 2.45) is 0 Å². The van der Waals surface area contributed by atoms with Crippen LogP contribution in [0.2, 0.25) is 5.02 Å². The molecule has 0 spiro atoms. The van der Waals surface area contributed by atoms with Crippen LogP contribution in [0, 0.1) is 11.3 Å². The van der Waals surface area contributed by atoms with Gasteiger partial charge in [0.25, 0.3) is 5.56 Å². The van der Waals surface area contributed by atoms with E-state index in [0.717, 1.165) is 4.57 Å². The Bertz CT molecular complexity index is 1270. The van der Waals surface area contributed by atoms with Crippen LogP contribution in [0.3, 0.4) is 0 Å². The molecule has 3 heterocycles. The summed E-state index contributed by atoms with van der Waals surface area (Å²) in [6, 6.07) is 6.66. The first-order chi connectivity index (χ1) is 14.0. The highest BCUT2D eigenvalue weighted by molar-refractivity contribution is 6.31. The largest absolute Gasteiger partial charge is 0.331 e. The molecule has 11 heteroatoms. The van der Waals surface area contributed by atoms with Crippen LogP contribution in [0.15, 0.2) is 40.4 Å². The van der Waals surface area contributed by atoms with Crippen LogP contribution in [0.5, 0.6) is 0 Å². The van der Waals surface area contributed by atoms with Crippen molar-refractivity contribution < 1.29 is 4.79 Å². The van der Waals surface area contributed by atoms with Crippen LogP contribution < -0.4 is 16.6 Å². The molecule has 0 radical (unpaired) electrons. The van der Waals surface area contributed by atoms with Gasteiger partial charge in [-0.1, -0.05) is 11.6 Å². The van der Waals surface area contributed by atoms with Gasteiger partial charge >= 0.3 is 5.69 Å². The van der Waals surface area contributed by atoms with Crippen LogP contribution in [0.4, 0.5) is 5.69 Å². The highest BCUT2D eigenvalue weighted by Crippen LogP contribution is 2.24. The summed E-state index contributed by atoms with van der Waals surface area (Å²) in [6.45, 7) is -0.120. The molecule has 0 saturated carbocycles.